The number of nitriles is 1. The summed E-state index contributed by atoms with van der Waals surface area (Å²) in [5.74, 6) is 0. The molecular formula is C15H10ClN7O4S. The average molecular weight is 420 g/mol. The van der Waals surface area contributed by atoms with Gasteiger partial charge in [-0.2, -0.15) is 28.3 Å². The van der Waals surface area contributed by atoms with Crippen LogP contribution in [0.3, 0.4) is 0 Å². The van der Waals surface area contributed by atoms with Crippen LogP contribution in [0.4, 0.5) is 5.69 Å². The van der Waals surface area contributed by atoms with Crippen molar-refractivity contribution in [1.29, 1.82) is 5.26 Å². The summed E-state index contributed by atoms with van der Waals surface area (Å²) in [4.78, 5) is 13.1. The molecule has 3 rings (SSSR count). The van der Waals surface area contributed by atoms with E-state index in [0.717, 1.165) is 19.3 Å². The van der Waals surface area contributed by atoms with Gasteiger partial charge >= 0.3 is 0 Å². The summed E-state index contributed by atoms with van der Waals surface area (Å²) in [6, 6.07) is 5.96. The van der Waals surface area contributed by atoms with Gasteiger partial charge in [-0.05, 0) is 12.1 Å². The number of sulfonamides is 1. The molecule has 0 amide bonds. The quantitative estimate of drug-likeness (QED) is 0.265. The summed E-state index contributed by atoms with van der Waals surface area (Å²) >= 11 is 5.81. The van der Waals surface area contributed by atoms with Crippen LogP contribution in [0, 0.1) is 21.4 Å². The van der Waals surface area contributed by atoms with Crippen molar-refractivity contribution in [3.8, 4) is 6.07 Å². The van der Waals surface area contributed by atoms with Crippen LogP contribution >= 0.6 is 11.6 Å². The number of aromatic nitrogens is 3. The Bertz CT molecular complexity index is 1260. The maximum atomic E-state index is 12.7. The lowest BCUT2D eigenvalue weighted by Gasteiger charge is -2.13. The van der Waals surface area contributed by atoms with Gasteiger partial charge in [0.15, 0.2) is 0 Å². The Labute approximate surface area is 163 Å². The maximum absolute atomic E-state index is 12.7. The van der Waals surface area contributed by atoms with Gasteiger partial charge in [0.1, 0.15) is 16.2 Å². The van der Waals surface area contributed by atoms with Crippen molar-refractivity contribution < 1.29 is 13.3 Å². The van der Waals surface area contributed by atoms with Gasteiger partial charge < -0.3 is 0 Å². The fraction of sp³-hybridized carbons (Fsp3) is 0.0667. The first-order chi connectivity index (χ1) is 13.2. The van der Waals surface area contributed by atoms with Crippen molar-refractivity contribution in [2.75, 3.05) is 7.05 Å². The summed E-state index contributed by atoms with van der Waals surface area (Å²) in [6.45, 7) is 0. The molecule has 0 aliphatic carbocycles. The third-order valence-electron chi connectivity index (χ3n) is 3.67. The van der Waals surface area contributed by atoms with Gasteiger partial charge in [0.25, 0.3) is 15.7 Å². The molecule has 3 aromatic rings. The Hall–Kier alpha value is -3.56. The minimum absolute atomic E-state index is 0.401. The number of pyridine rings is 2. The lowest BCUT2D eigenvalue weighted by atomic mass is 10.2. The number of rotatable bonds is 5. The normalized spacial score (nSPS) is 11.6. The number of hydrazone groups is 1. The van der Waals surface area contributed by atoms with Crippen LogP contribution in [0.15, 0.2) is 46.8 Å². The molecule has 28 heavy (non-hydrogen) atoms. The Morgan fingerprint density at radius 2 is 2.18 bits per heavy atom. The molecule has 0 N–H and O–H groups in total. The minimum Gasteiger partial charge on any atom is -0.258 e. The number of halogens is 1. The largest absolute Gasteiger partial charge is 0.289 e. The zero-order valence-electron chi connectivity index (χ0n) is 14.1. The molecule has 13 heteroatoms. The lowest BCUT2D eigenvalue weighted by Crippen LogP contribution is -2.22. The second kappa shape index (κ2) is 7.22. The zero-order chi connectivity index (χ0) is 20.5. The molecular weight excluding hydrogens is 410 g/mol. The van der Waals surface area contributed by atoms with Crippen molar-refractivity contribution in [2.24, 2.45) is 5.10 Å². The Balaban J connectivity index is 1.96. The van der Waals surface area contributed by atoms with Crippen LogP contribution < -0.4 is 0 Å². The van der Waals surface area contributed by atoms with Gasteiger partial charge in [-0.15, -0.1) is 0 Å². The number of nitro groups is 1. The molecule has 3 aromatic heterocycles. The van der Waals surface area contributed by atoms with Crippen LogP contribution in [0.25, 0.3) is 5.52 Å². The molecule has 0 fully saturated rings. The maximum Gasteiger partial charge on any atom is 0.289 e. The topological polar surface area (TPSA) is 147 Å². The highest BCUT2D eigenvalue weighted by molar-refractivity contribution is 7.89. The van der Waals surface area contributed by atoms with Gasteiger partial charge in [0, 0.05) is 24.9 Å². The SMILES string of the molecule is CN(/N=C\c1cnn2ccc(C#N)cc12)S(=O)(=O)c1cc([N+](=O)[O-])cnc1Cl. The molecule has 142 valence electrons. The molecule has 0 radical (unpaired) electrons. The Morgan fingerprint density at radius 1 is 1.43 bits per heavy atom. The van der Waals surface area contributed by atoms with Crippen molar-refractivity contribution in [3.63, 3.8) is 0 Å². The standard InChI is InChI=1S/C15H10ClN7O4S/c1-21(28(26,27)14-5-12(23(24)25)9-18-15(14)16)19-7-11-8-20-22-3-2-10(6-17)4-13(11)22/h2-5,7-9H,1H3/b19-7-. The summed E-state index contributed by atoms with van der Waals surface area (Å²) in [6.07, 6.45) is 5.12. The molecule has 0 aromatic carbocycles. The second-order valence-electron chi connectivity index (χ2n) is 5.38. The van der Waals surface area contributed by atoms with Crippen LogP contribution in [0.5, 0.6) is 0 Å². The minimum atomic E-state index is -4.29. The van der Waals surface area contributed by atoms with E-state index in [4.69, 9.17) is 16.9 Å². The number of nitrogens with zero attached hydrogens (tertiary/aromatic N) is 7. The van der Waals surface area contributed by atoms with Gasteiger partial charge in [0.05, 0.1) is 34.5 Å². The first-order valence-electron chi connectivity index (χ1n) is 7.44. The fourth-order valence-electron chi connectivity index (χ4n) is 2.21. The van der Waals surface area contributed by atoms with Gasteiger partial charge in [-0.3, -0.25) is 10.1 Å². The predicted octanol–water partition coefficient (Wildman–Crippen LogP) is 1.82. The van der Waals surface area contributed by atoms with E-state index < -0.39 is 30.7 Å². The highest BCUT2D eigenvalue weighted by Crippen LogP contribution is 2.26. The van der Waals surface area contributed by atoms with E-state index in [1.165, 1.54) is 16.9 Å². The lowest BCUT2D eigenvalue weighted by molar-refractivity contribution is -0.385. The molecule has 0 aliphatic heterocycles. The second-order valence-corrected chi connectivity index (χ2v) is 7.66. The number of hydrogen-bond donors (Lipinski definition) is 0. The number of hydrogen-bond acceptors (Lipinski definition) is 8. The first-order valence-corrected chi connectivity index (χ1v) is 9.26. The van der Waals surface area contributed by atoms with E-state index in [9.17, 15) is 18.5 Å². The van der Waals surface area contributed by atoms with Gasteiger partial charge in [-0.25, -0.2) is 9.50 Å². The molecule has 0 unspecified atom stereocenters. The smallest absolute Gasteiger partial charge is 0.258 e. The van der Waals surface area contributed by atoms with Gasteiger partial charge in [-0.1, -0.05) is 11.6 Å². The van der Waals surface area contributed by atoms with Crippen molar-refractivity contribution in [3.05, 3.63) is 63.2 Å². The van der Waals surface area contributed by atoms with E-state index in [-0.39, 0.29) is 0 Å². The first kappa shape index (κ1) is 19.2. The van der Waals surface area contributed by atoms with Crippen molar-refractivity contribution >= 4 is 39.0 Å². The van der Waals surface area contributed by atoms with Crippen LogP contribution in [0.1, 0.15) is 11.1 Å². The highest BCUT2D eigenvalue weighted by Gasteiger charge is 2.26. The molecule has 0 saturated heterocycles. The monoisotopic (exact) mass is 419 g/mol. The van der Waals surface area contributed by atoms with Crippen molar-refractivity contribution in [1.82, 2.24) is 19.0 Å². The number of fused-ring (bicyclic) bond motifs is 1. The average Bonchev–Trinajstić information content (AvgIpc) is 3.08. The van der Waals surface area contributed by atoms with E-state index >= 15 is 0 Å². The molecule has 0 atom stereocenters. The third-order valence-corrected chi connectivity index (χ3v) is 5.74. The van der Waals surface area contributed by atoms with E-state index in [1.54, 1.807) is 18.3 Å². The van der Waals surface area contributed by atoms with Crippen LogP contribution in [-0.4, -0.2) is 45.6 Å². The fourth-order valence-corrected chi connectivity index (χ4v) is 3.60. The molecule has 0 bridgehead atoms. The molecule has 0 spiro atoms. The van der Waals surface area contributed by atoms with Crippen LogP contribution in [0.2, 0.25) is 5.15 Å². The summed E-state index contributed by atoms with van der Waals surface area (Å²) in [5.41, 5.74) is 0.885. The summed E-state index contributed by atoms with van der Waals surface area (Å²) < 4.78 is 27.4. The predicted molar refractivity (Wildman–Crippen MR) is 98.4 cm³/mol. The molecule has 0 aliphatic rings. The molecule has 11 nitrogen and oxygen atoms in total. The molecule has 0 saturated carbocycles. The van der Waals surface area contributed by atoms with Crippen molar-refractivity contribution in [2.45, 2.75) is 4.90 Å². The third kappa shape index (κ3) is 3.48. The van der Waals surface area contributed by atoms with E-state index in [0.29, 0.717) is 21.1 Å². The Morgan fingerprint density at radius 3 is 2.86 bits per heavy atom. The van der Waals surface area contributed by atoms with Crippen LogP contribution in [-0.2, 0) is 10.0 Å². The van der Waals surface area contributed by atoms with E-state index in [1.807, 2.05) is 6.07 Å². The van der Waals surface area contributed by atoms with Gasteiger partial charge in [0.2, 0.25) is 0 Å². The zero-order valence-corrected chi connectivity index (χ0v) is 15.7. The Kier molecular flexibility index (Phi) is 4.95. The summed E-state index contributed by atoms with van der Waals surface area (Å²) in [7, 11) is -3.14. The molecule has 3 heterocycles. The summed E-state index contributed by atoms with van der Waals surface area (Å²) in [5, 5.41) is 27.4. The van der Waals surface area contributed by atoms with E-state index in [2.05, 4.69) is 15.2 Å². The highest BCUT2D eigenvalue weighted by atomic mass is 35.5.